The molecule has 0 aliphatic rings. The van der Waals surface area contributed by atoms with E-state index in [0.29, 0.717) is 19.8 Å². The van der Waals surface area contributed by atoms with Crippen LogP contribution in [0.4, 0.5) is 0 Å². The van der Waals surface area contributed by atoms with E-state index in [9.17, 15) is 4.79 Å². The minimum Gasteiger partial charge on any atom is -0.460 e. The van der Waals surface area contributed by atoms with E-state index in [1.807, 2.05) is 20.8 Å². The number of benzene rings is 2. The smallest absolute Gasteiger partial charge is 0.308 e. The largest absolute Gasteiger partial charge is 0.460 e. The summed E-state index contributed by atoms with van der Waals surface area (Å²) in [5, 5.41) is 2.58. The highest BCUT2D eigenvalue weighted by Gasteiger charge is 2.49. The van der Waals surface area contributed by atoms with Gasteiger partial charge in [0.1, 0.15) is 5.60 Å². The monoisotopic (exact) mass is 456 g/mol. The first-order valence-corrected chi connectivity index (χ1v) is 13.5. The van der Waals surface area contributed by atoms with Gasteiger partial charge in [-0.05, 0) is 49.0 Å². The normalized spacial score (nSPS) is 12.6. The molecular weight excluding hydrogens is 416 g/mol. The predicted octanol–water partition coefficient (Wildman–Crippen LogP) is 5.09. The molecule has 0 unspecified atom stereocenters. The molecule has 0 bridgehead atoms. The van der Waals surface area contributed by atoms with Crippen molar-refractivity contribution in [2.45, 2.75) is 71.4 Å². The molecule has 2 aromatic carbocycles. The van der Waals surface area contributed by atoms with Gasteiger partial charge in [-0.25, -0.2) is 0 Å². The third-order valence-electron chi connectivity index (χ3n) is 5.29. The van der Waals surface area contributed by atoms with Gasteiger partial charge in [-0.3, -0.25) is 4.79 Å². The van der Waals surface area contributed by atoms with Crippen molar-refractivity contribution in [1.82, 2.24) is 0 Å². The fourth-order valence-electron chi connectivity index (χ4n) is 3.94. The van der Waals surface area contributed by atoms with Crippen molar-refractivity contribution >= 4 is 24.7 Å². The Morgan fingerprint density at radius 3 is 1.72 bits per heavy atom. The maximum Gasteiger partial charge on any atom is 0.308 e. The zero-order valence-corrected chi connectivity index (χ0v) is 21.6. The minimum atomic E-state index is -2.46. The summed E-state index contributed by atoms with van der Waals surface area (Å²) < 4.78 is 17.8. The van der Waals surface area contributed by atoms with Crippen LogP contribution in [0.25, 0.3) is 0 Å². The summed E-state index contributed by atoms with van der Waals surface area (Å²) in [4.78, 5) is 11.8. The van der Waals surface area contributed by atoms with E-state index in [4.69, 9.17) is 13.9 Å². The number of esters is 1. The lowest BCUT2D eigenvalue weighted by atomic mass is 10.2. The first-order chi connectivity index (χ1) is 15.1. The van der Waals surface area contributed by atoms with Gasteiger partial charge >= 0.3 is 5.97 Å². The summed E-state index contributed by atoms with van der Waals surface area (Å²) in [5.41, 5.74) is -0.449. The summed E-state index contributed by atoms with van der Waals surface area (Å²) in [6.07, 6.45) is 2.10. The molecule has 0 N–H and O–H groups in total. The number of hydrogen-bond acceptors (Lipinski definition) is 4. The molecule has 4 nitrogen and oxygen atoms in total. The van der Waals surface area contributed by atoms with Gasteiger partial charge in [-0.1, -0.05) is 81.4 Å². The third kappa shape index (κ3) is 7.57. The minimum absolute atomic E-state index is 0.0143. The van der Waals surface area contributed by atoms with Crippen molar-refractivity contribution in [3.8, 4) is 0 Å². The standard InChI is InChI=1S/C27H40O4Si/c1-26(2,3)31-25(28)19-22-29-20-13-14-21-30-32(27(4,5)6,23-15-9-7-10-16-23)24-17-11-8-12-18-24/h7-12,15-18H,13-14,19-22H2,1-6H3. The average Bonchev–Trinajstić information content (AvgIpc) is 2.72. The van der Waals surface area contributed by atoms with Gasteiger partial charge in [-0.2, -0.15) is 0 Å². The maximum atomic E-state index is 11.8. The lowest BCUT2D eigenvalue weighted by molar-refractivity contribution is -0.156. The summed E-state index contributed by atoms with van der Waals surface area (Å²) in [7, 11) is -2.46. The molecule has 0 saturated carbocycles. The van der Waals surface area contributed by atoms with E-state index >= 15 is 0 Å². The Morgan fingerprint density at radius 2 is 1.25 bits per heavy atom. The van der Waals surface area contributed by atoms with Crippen LogP contribution in [0.1, 0.15) is 60.8 Å². The zero-order valence-electron chi connectivity index (χ0n) is 20.6. The van der Waals surface area contributed by atoms with Gasteiger partial charge in [0.15, 0.2) is 0 Å². The van der Waals surface area contributed by atoms with E-state index in [2.05, 4.69) is 81.4 Å². The van der Waals surface area contributed by atoms with Crippen molar-refractivity contribution < 1.29 is 18.7 Å². The number of carbonyl (C=O) groups is 1. The van der Waals surface area contributed by atoms with E-state index in [1.54, 1.807) is 0 Å². The molecule has 2 rings (SSSR count). The summed E-state index contributed by atoms with van der Waals surface area (Å²) >= 11 is 0. The lowest BCUT2D eigenvalue weighted by Crippen LogP contribution is -2.66. The maximum absolute atomic E-state index is 11.8. The number of hydrogen-bond donors (Lipinski definition) is 0. The first kappa shape index (κ1) is 26.3. The first-order valence-electron chi connectivity index (χ1n) is 11.6. The van der Waals surface area contributed by atoms with Gasteiger partial charge in [0.05, 0.1) is 13.0 Å². The summed E-state index contributed by atoms with van der Waals surface area (Å²) in [6, 6.07) is 21.4. The molecule has 0 radical (unpaired) electrons. The van der Waals surface area contributed by atoms with Gasteiger partial charge in [-0.15, -0.1) is 0 Å². The Kier molecular flexibility index (Phi) is 9.68. The van der Waals surface area contributed by atoms with Crippen LogP contribution in [-0.4, -0.2) is 39.7 Å². The second kappa shape index (κ2) is 11.8. The average molecular weight is 457 g/mol. The predicted molar refractivity (Wildman–Crippen MR) is 134 cm³/mol. The van der Waals surface area contributed by atoms with Crippen molar-refractivity contribution in [1.29, 1.82) is 0 Å². The molecule has 0 saturated heterocycles. The van der Waals surface area contributed by atoms with Gasteiger partial charge in [0.25, 0.3) is 8.32 Å². The number of rotatable bonds is 11. The molecular formula is C27H40O4Si. The quantitative estimate of drug-likeness (QED) is 0.268. The van der Waals surface area contributed by atoms with E-state index < -0.39 is 13.9 Å². The van der Waals surface area contributed by atoms with Crippen molar-refractivity contribution in [3.05, 3.63) is 60.7 Å². The molecule has 0 spiro atoms. The zero-order chi connectivity index (χ0) is 23.7. The van der Waals surface area contributed by atoms with Crippen molar-refractivity contribution in [2.75, 3.05) is 19.8 Å². The van der Waals surface area contributed by atoms with Crippen molar-refractivity contribution in [3.63, 3.8) is 0 Å². The highest BCUT2D eigenvalue weighted by molar-refractivity contribution is 6.99. The Balaban J connectivity index is 1.93. The summed E-state index contributed by atoms with van der Waals surface area (Å²) in [5.74, 6) is -0.215. The second-order valence-electron chi connectivity index (χ2n) is 10.2. The number of carbonyl (C=O) groups excluding carboxylic acids is 1. The topological polar surface area (TPSA) is 44.8 Å². The molecule has 0 amide bonds. The summed E-state index contributed by atoms with van der Waals surface area (Å²) in [6.45, 7) is 14.2. The molecule has 2 aromatic rings. The Hall–Kier alpha value is -1.95. The van der Waals surface area contributed by atoms with Crippen LogP contribution < -0.4 is 10.4 Å². The fourth-order valence-corrected chi connectivity index (χ4v) is 8.55. The molecule has 0 heterocycles. The molecule has 0 aliphatic heterocycles. The van der Waals surface area contributed by atoms with Crippen LogP contribution in [0.2, 0.25) is 5.04 Å². The van der Waals surface area contributed by atoms with Crippen LogP contribution in [0, 0.1) is 0 Å². The van der Waals surface area contributed by atoms with Gasteiger partial charge < -0.3 is 13.9 Å². The fraction of sp³-hybridized carbons (Fsp3) is 0.519. The van der Waals surface area contributed by atoms with Crippen LogP contribution in [0.3, 0.4) is 0 Å². The van der Waals surface area contributed by atoms with Gasteiger partial charge in [0, 0.05) is 13.2 Å². The number of unbranched alkanes of at least 4 members (excludes halogenated alkanes) is 1. The van der Waals surface area contributed by atoms with Crippen LogP contribution in [-0.2, 0) is 18.7 Å². The molecule has 0 aliphatic carbocycles. The Labute approximate surface area is 195 Å². The van der Waals surface area contributed by atoms with Crippen LogP contribution >= 0.6 is 0 Å². The Morgan fingerprint density at radius 1 is 0.750 bits per heavy atom. The van der Waals surface area contributed by atoms with E-state index in [1.165, 1.54) is 10.4 Å². The molecule has 0 atom stereocenters. The molecule has 0 fully saturated rings. The highest BCUT2D eigenvalue weighted by Crippen LogP contribution is 2.36. The molecule has 176 valence electrons. The number of ether oxygens (including phenoxy) is 2. The lowest BCUT2D eigenvalue weighted by Gasteiger charge is -2.43. The third-order valence-corrected chi connectivity index (χ3v) is 10.3. The molecule has 32 heavy (non-hydrogen) atoms. The van der Waals surface area contributed by atoms with Crippen LogP contribution in [0.5, 0.6) is 0 Å². The molecule has 5 heteroatoms. The highest BCUT2D eigenvalue weighted by atomic mass is 28.4. The van der Waals surface area contributed by atoms with Crippen molar-refractivity contribution in [2.24, 2.45) is 0 Å². The second-order valence-corrected chi connectivity index (χ2v) is 14.5. The molecule has 0 aromatic heterocycles. The van der Waals surface area contributed by atoms with E-state index in [-0.39, 0.29) is 17.4 Å². The Bertz CT molecular complexity index is 768. The van der Waals surface area contributed by atoms with Gasteiger partial charge in [0.2, 0.25) is 0 Å². The SMILES string of the molecule is CC(C)(C)OC(=O)CCOCCCCO[Si](c1ccccc1)(c1ccccc1)C(C)(C)C. The van der Waals surface area contributed by atoms with Crippen LogP contribution in [0.15, 0.2) is 60.7 Å². The van der Waals surface area contributed by atoms with E-state index in [0.717, 1.165) is 12.8 Å².